The molecule has 7 heteroatoms. The topological polar surface area (TPSA) is 54.0 Å². The lowest BCUT2D eigenvalue weighted by molar-refractivity contribution is 0.102. The molecule has 104 valence electrons. The van der Waals surface area contributed by atoms with E-state index in [0.29, 0.717) is 27.1 Å². The first-order valence-electron chi connectivity index (χ1n) is 5.61. The Bertz CT molecular complexity index is 664. The van der Waals surface area contributed by atoms with Gasteiger partial charge >= 0.3 is 0 Å². The van der Waals surface area contributed by atoms with Gasteiger partial charge in [-0.05, 0) is 46.9 Å². The van der Waals surface area contributed by atoms with E-state index in [1.165, 1.54) is 6.20 Å². The second-order valence-corrected chi connectivity index (χ2v) is 5.88. The van der Waals surface area contributed by atoms with Gasteiger partial charge < -0.3 is 10.6 Å². The minimum absolute atomic E-state index is 0.297. The van der Waals surface area contributed by atoms with Gasteiger partial charge in [0.2, 0.25) is 0 Å². The Morgan fingerprint density at radius 2 is 2.05 bits per heavy atom. The maximum absolute atomic E-state index is 12.3. The zero-order chi connectivity index (χ0) is 14.7. The molecule has 0 unspecified atom stereocenters. The Morgan fingerprint density at radius 3 is 2.70 bits per heavy atom. The molecule has 2 N–H and O–H groups in total. The molecule has 2 aromatic rings. The smallest absolute Gasteiger partial charge is 0.257 e. The van der Waals surface area contributed by atoms with Gasteiger partial charge in [0, 0.05) is 21.8 Å². The molecule has 1 amide bonds. The Labute approximate surface area is 140 Å². The normalized spacial score (nSPS) is 10.2. The summed E-state index contributed by atoms with van der Waals surface area (Å²) in [7, 11) is 1.72. The van der Waals surface area contributed by atoms with E-state index in [0.717, 1.165) is 3.57 Å². The van der Waals surface area contributed by atoms with Crippen molar-refractivity contribution in [2.75, 3.05) is 17.7 Å². The number of nitrogens with zero attached hydrogens (tertiary/aromatic N) is 1. The van der Waals surface area contributed by atoms with E-state index in [1.54, 1.807) is 31.3 Å². The number of benzene rings is 1. The fraction of sp³-hybridized carbons (Fsp3) is 0.0769. The van der Waals surface area contributed by atoms with Gasteiger partial charge in [0.05, 0.1) is 16.3 Å². The average molecular weight is 422 g/mol. The summed E-state index contributed by atoms with van der Waals surface area (Å²) < 4.78 is 0.850. The van der Waals surface area contributed by atoms with Crippen LogP contribution in [0.25, 0.3) is 0 Å². The number of hydrogen-bond donors (Lipinski definition) is 2. The molecular formula is C13H10Cl2IN3O. The van der Waals surface area contributed by atoms with Crippen molar-refractivity contribution in [2.45, 2.75) is 0 Å². The molecule has 1 aromatic heterocycles. The molecule has 0 aliphatic rings. The molecule has 2 rings (SSSR count). The minimum Gasteiger partial charge on any atom is -0.373 e. The third kappa shape index (κ3) is 3.53. The first kappa shape index (κ1) is 15.3. The number of carbonyl (C=O) groups excluding carboxylic acids is 1. The number of pyridine rings is 1. The van der Waals surface area contributed by atoms with Crippen LogP contribution in [-0.2, 0) is 0 Å². The minimum atomic E-state index is -0.297. The predicted octanol–water partition coefficient (Wildman–Crippen LogP) is 4.29. The van der Waals surface area contributed by atoms with Crippen molar-refractivity contribution < 1.29 is 4.79 Å². The van der Waals surface area contributed by atoms with Crippen molar-refractivity contribution >= 4 is 63.2 Å². The third-order valence-corrected chi connectivity index (χ3v) is 3.96. The molecule has 0 saturated carbocycles. The van der Waals surface area contributed by atoms with Crippen molar-refractivity contribution in [2.24, 2.45) is 0 Å². The van der Waals surface area contributed by atoms with Crippen LogP contribution >= 0.6 is 45.8 Å². The van der Waals surface area contributed by atoms with Gasteiger partial charge in [-0.15, -0.1) is 0 Å². The van der Waals surface area contributed by atoms with Crippen LogP contribution in [0.15, 0.2) is 30.5 Å². The van der Waals surface area contributed by atoms with Gasteiger partial charge in [-0.25, -0.2) is 4.98 Å². The van der Waals surface area contributed by atoms with Crippen molar-refractivity contribution in [1.82, 2.24) is 4.98 Å². The van der Waals surface area contributed by atoms with Crippen molar-refractivity contribution in [1.29, 1.82) is 0 Å². The van der Waals surface area contributed by atoms with Crippen LogP contribution in [0.5, 0.6) is 0 Å². The van der Waals surface area contributed by atoms with E-state index < -0.39 is 0 Å². The number of aromatic nitrogens is 1. The van der Waals surface area contributed by atoms with Crippen molar-refractivity contribution in [3.8, 4) is 0 Å². The summed E-state index contributed by atoms with van der Waals surface area (Å²) in [5.74, 6) is 0.277. The Hall–Kier alpha value is -1.05. The molecule has 0 aliphatic heterocycles. The maximum Gasteiger partial charge on any atom is 0.257 e. The summed E-state index contributed by atoms with van der Waals surface area (Å²) in [6.45, 7) is 0. The predicted molar refractivity (Wildman–Crippen MR) is 90.9 cm³/mol. The monoisotopic (exact) mass is 421 g/mol. The highest BCUT2D eigenvalue weighted by Crippen LogP contribution is 2.24. The SMILES string of the molecule is CNc1cc(C(=O)Nc2ccc(Cl)cc2I)c(Cl)cn1. The molecule has 0 fully saturated rings. The standard InChI is InChI=1S/C13H10Cl2IN3O/c1-17-12-5-8(9(15)6-18-12)13(20)19-11-3-2-7(14)4-10(11)16/h2-6H,1H3,(H,17,18)(H,19,20). The number of hydrogen-bond acceptors (Lipinski definition) is 3. The van der Waals surface area contributed by atoms with Gasteiger partial charge in [0.15, 0.2) is 0 Å². The summed E-state index contributed by atoms with van der Waals surface area (Å²) >= 11 is 14.0. The fourth-order valence-electron chi connectivity index (χ4n) is 1.53. The number of halogens is 3. The summed E-state index contributed by atoms with van der Waals surface area (Å²) in [6.07, 6.45) is 1.44. The molecule has 0 atom stereocenters. The molecule has 0 aliphatic carbocycles. The third-order valence-electron chi connectivity index (χ3n) is 2.54. The molecule has 0 saturated heterocycles. The van der Waals surface area contributed by atoms with E-state index in [1.807, 2.05) is 0 Å². The largest absolute Gasteiger partial charge is 0.373 e. The first-order chi connectivity index (χ1) is 9.51. The highest BCUT2D eigenvalue weighted by molar-refractivity contribution is 14.1. The van der Waals surface area contributed by atoms with Gasteiger partial charge in [-0.1, -0.05) is 23.2 Å². The quantitative estimate of drug-likeness (QED) is 0.727. The zero-order valence-corrected chi connectivity index (χ0v) is 14.0. The van der Waals surface area contributed by atoms with E-state index in [2.05, 4.69) is 38.2 Å². The van der Waals surface area contributed by atoms with Crippen LogP contribution < -0.4 is 10.6 Å². The Balaban J connectivity index is 2.28. The van der Waals surface area contributed by atoms with Gasteiger partial charge in [0.1, 0.15) is 5.82 Å². The van der Waals surface area contributed by atoms with Crippen LogP contribution in [0, 0.1) is 3.57 Å². The van der Waals surface area contributed by atoms with Crippen molar-refractivity contribution in [3.05, 3.63) is 49.6 Å². The van der Waals surface area contributed by atoms with Gasteiger partial charge in [-0.2, -0.15) is 0 Å². The lowest BCUT2D eigenvalue weighted by Crippen LogP contribution is -2.14. The Morgan fingerprint density at radius 1 is 1.30 bits per heavy atom. The van der Waals surface area contributed by atoms with E-state index in [-0.39, 0.29) is 5.91 Å². The van der Waals surface area contributed by atoms with Crippen LogP contribution in [0.3, 0.4) is 0 Å². The lowest BCUT2D eigenvalue weighted by atomic mass is 10.2. The lowest BCUT2D eigenvalue weighted by Gasteiger charge is -2.10. The van der Waals surface area contributed by atoms with Crippen LogP contribution in [0.1, 0.15) is 10.4 Å². The number of carbonyl (C=O) groups is 1. The number of nitrogens with one attached hydrogen (secondary N) is 2. The molecule has 20 heavy (non-hydrogen) atoms. The molecular weight excluding hydrogens is 412 g/mol. The van der Waals surface area contributed by atoms with E-state index in [9.17, 15) is 4.79 Å². The summed E-state index contributed by atoms with van der Waals surface area (Å²) in [6, 6.07) is 6.83. The van der Waals surface area contributed by atoms with Crippen molar-refractivity contribution in [3.63, 3.8) is 0 Å². The molecule has 0 bridgehead atoms. The molecule has 0 radical (unpaired) electrons. The number of anilines is 2. The second-order valence-electron chi connectivity index (χ2n) is 3.88. The molecule has 1 aromatic carbocycles. The molecule has 1 heterocycles. The first-order valence-corrected chi connectivity index (χ1v) is 7.44. The Kier molecular flexibility index (Phi) is 5.06. The van der Waals surface area contributed by atoms with Crippen LogP contribution in [0.2, 0.25) is 10.0 Å². The molecule has 4 nitrogen and oxygen atoms in total. The highest BCUT2D eigenvalue weighted by Gasteiger charge is 2.13. The zero-order valence-electron chi connectivity index (χ0n) is 10.4. The van der Waals surface area contributed by atoms with E-state index >= 15 is 0 Å². The molecule has 0 spiro atoms. The van der Waals surface area contributed by atoms with Crippen LogP contribution in [-0.4, -0.2) is 17.9 Å². The number of amides is 1. The summed E-state index contributed by atoms with van der Waals surface area (Å²) in [5, 5.41) is 6.58. The van der Waals surface area contributed by atoms with Gasteiger partial charge in [-0.3, -0.25) is 4.79 Å². The number of rotatable bonds is 3. The van der Waals surface area contributed by atoms with E-state index in [4.69, 9.17) is 23.2 Å². The summed E-state index contributed by atoms with van der Waals surface area (Å²) in [4.78, 5) is 16.3. The maximum atomic E-state index is 12.3. The average Bonchev–Trinajstić information content (AvgIpc) is 2.42. The summed E-state index contributed by atoms with van der Waals surface area (Å²) in [5.41, 5.74) is 1.04. The fourth-order valence-corrected chi connectivity index (χ4v) is 2.73. The van der Waals surface area contributed by atoms with Gasteiger partial charge in [0.25, 0.3) is 5.91 Å². The van der Waals surface area contributed by atoms with Crippen LogP contribution in [0.4, 0.5) is 11.5 Å². The highest BCUT2D eigenvalue weighted by atomic mass is 127. The second kappa shape index (κ2) is 6.60.